The van der Waals surface area contributed by atoms with Crippen LogP contribution in [0.1, 0.15) is 24.2 Å². The van der Waals surface area contributed by atoms with E-state index in [1.165, 1.54) is 0 Å². The van der Waals surface area contributed by atoms with Crippen LogP contribution in [0.15, 0.2) is 6.20 Å². The van der Waals surface area contributed by atoms with E-state index in [1.54, 1.807) is 4.68 Å². The van der Waals surface area contributed by atoms with Crippen LogP contribution in [0.2, 0.25) is 0 Å². The van der Waals surface area contributed by atoms with Crippen molar-refractivity contribution < 1.29 is 0 Å². The van der Waals surface area contributed by atoms with E-state index < -0.39 is 0 Å². The van der Waals surface area contributed by atoms with Gasteiger partial charge in [-0.3, -0.25) is 4.68 Å². The molecule has 0 aliphatic heterocycles. The summed E-state index contributed by atoms with van der Waals surface area (Å²) >= 11 is 0. The van der Waals surface area contributed by atoms with Gasteiger partial charge in [0.15, 0.2) is 0 Å². The monoisotopic (exact) mass is 177 g/mol. The van der Waals surface area contributed by atoms with Crippen LogP contribution < -0.4 is 5.32 Å². The Hall–Kier alpha value is -1.27. The first-order valence-electron chi connectivity index (χ1n) is 4.38. The zero-order valence-electron chi connectivity index (χ0n) is 8.33. The van der Waals surface area contributed by atoms with Gasteiger partial charge in [-0.1, -0.05) is 12.8 Å². The zero-order valence-corrected chi connectivity index (χ0v) is 8.33. The molecule has 1 aromatic heterocycles. The van der Waals surface area contributed by atoms with Crippen LogP contribution in [0.5, 0.6) is 0 Å². The molecule has 0 bridgehead atoms. The summed E-state index contributed by atoms with van der Waals surface area (Å²) < 4.78 is 1.78. The molecule has 1 heterocycles. The first kappa shape index (κ1) is 9.82. The Morgan fingerprint density at radius 2 is 2.46 bits per heavy atom. The minimum absolute atomic E-state index is 0.0151. The molecule has 0 fully saturated rings. The van der Waals surface area contributed by atoms with Gasteiger partial charge in [-0.15, -0.1) is 6.42 Å². The largest absolute Gasteiger partial charge is 0.300 e. The fourth-order valence-corrected chi connectivity index (χ4v) is 1.36. The second-order valence-corrected chi connectivity index (χ2v) is 3.00. The molecule has 13 heavy (non-hydrogen) atoms. The van der Waals surface area contributed by atoms with Crippen molar-refractivity contribution in [3.8, 4) is 12.3 Å². The van der Waals surface area contributed by atoms with E-state index in [2.05, 4.69) is 16.3 Å². The summed E-state index contributed by atoms with van der Waals surface area (Å²) in [6.45, 7) is 4.87. The molecule has 0 saturated carbocycles. The van der Waals surface area contributed by atoms with E-state index in [9.17, 15) is 0 Å². The number of nitrogens with zero attached hydrogens (tertiary/aromatic N) is 2. The number of hydrogen-bond donors (Lipinski definition) is 1. The molecule has 1 unspecified atom stereocenters. The predicted octanol–water partition coefficient (Wildman–Crippen LogP) is 1.01. The molecule has 0 aliphatic rings. The molecule has 0 aliphatic carbocycles. The summed E-state index contributed by atoms with van der Waals surface area (Å²) in [4.78, 5) is 0. The number of aromatic nitrogens is 2. The van der Waals surface area contributed by atoms with E-state index in [1.807, 2.05) is 27.1 Å². The Labute approximate surface area is 79.1 Å². The molecule has 70 valence electrons. The maximum Gasteiger partial charge on any atom is 0.0976 e. The van der Waals surface area contributed by atoms with Crippen molar-refractivity contribution in [2.24, 2.45) is 7.05 Å². The lowest BCUT2D eigenvalue weighted by atomic mass is 10.1. The van der Waals surface area contributed by atoms with Gasteiger partial charge >= 0.3 is 0 Å². The lowest BCUT2D eigenvalue weighted by molar-refractivity contribution is 0.661. The number of terminal acetylenes is 1. The number of aryl methyl sites for hydroxylation is 2. The van der Waals surface area contributed by atoms with Gasteiger partial charge in [-0.05, 0) is 13.5 Å². The third-order valence-electron chi connectivity index (χ3n) is 1.94. The lowest BCUT2D eigenvalue weighted by Gasteiger charge is -2.09. The van der Waals surface area contributed by atoms with Crippen molar-refractivity contribution >= 4 is 0 Å². The number of hydrogen-bond acceptors (Lipinski definition) is 2. The molecule has 3 nitrogen and oxygen atoms in total. The highest BCUT2D eigenvalue weighted by atomic mass is 15.3. The van der Waals surface area contributed by atoms with Gasteiger partial charge in [0.05, 0.1) is 11.7 Å². The summed E-state index contributed by atoms with van der Waals surface area (Å²) in [5.74, 6) is 2.71. The molecule has 3 heteroatoms. The quantitative estimate of drug-likeness (QED) is 0.698. The fraction of sp³-hybridized carbons (Fsp3) is 0.500. The minimum atomic E-state index is -0.0151. The van der Waals surface area contributed by atoms with Gasteiger partial charge in [0, 0.05) is 18.8 Å². The molecule has 0 spiro atoms. The van der Waals surface area contributed by atoms with E-state index >= 15 is 0 Å². The number of rotatable bonds is 3. The SMILES string of the molecule is C#CC(NCC)c1cn(C)nc1C. The second-order valence-electron chi connectivity index (χ2n) is 3.00. The van der Waals surface area contributed by atoms with Gasteiger partial charge in [-0.25, -0.2) is 0 Å². The van der Waals surface area contributed by atoms with Gasteiger partial charge in [0.2, 0.25) is 0 Å². The van der Waals surface area contributed by atoms with Crippen LogP contribution in [-0.4, -0.2) is 16.3 Å². The standard InChI is InChI=1S/C10H15N3/c1-5-10(11-6-2)9-7-13(4)12-8(9)3/h1,7,10-11H,6H2,2-4H3. The molecule has 1 aromatic rings. The van der Waals surface area contributed by atoms with Crippen molar-refractivity contribution in [2.75, 3.05) is 6.54 Å². The van der Waals surface area contributed by atoms with Crippen LogP contribution in [0.25, 0.3) is 0 Å². The molecule has 1 rings (SSSR count). The van der Waals surface area contributed by atoms with E-state index in [0.29, 0.717) is 0 Å². The first-order chi connectivity index (χ1) is 6.19. The summed E-state index contributed by atoms with van der Waals surface area (Å²) in [7, 11) is 1.90. The fourth-order valence-electron chi connectivity index (χ4n) is 1.36. The van der Waals surface area contributed by atoms with Crippen LogP contribution in [0, 0.1) is 19.3 Å². The van der Waals surface area contributed by atoms with Gasteiger partial charge in [0.25, 0.3) is 0 Å². The molecule has 0 aromatic carbocycles. The van der Waals surface area contributed by atoms with E-state index in [4.69, 9.17) is 6.42 Å². The Kier molecular flexibility index (Phi) is 3.10. The normalized spacial score (nSPS) is 12.5. The van der Waals surface area contributed by atoms with Crippen LogP contribution >= 0.6 is 0 Å². The minimum Gasteiger partial charge on any atom is -0.300 e. The first-order valence-corrected chi connectivity index (χ1v) is 4.38. The molecule has 1 N–H and O–H groups in total. The molecular formula is C10H15N3. The van der Waals surface area contributed by atoms with Crippen molar-refractivity contribution in [1.29, 1.82) is 0 Å². The highest BCUT2D eigenvalue weighted by Crippen LogP contribution is 2.14. The van der Waals surface area contributed by atoms with E-state index in [-0.39, 0.29) is 6.04 Å². The maximum atomic E-state index is 5.42. The Morgan fingerprint density at radius 3 is 2.85 bits per heavy atom. The van der Waals surface area contributed by atoms with Crippen molar-refractivity contribution in [3.63, 3.8) is 0 Å². The van der Waals surface area contributed by atoms with Crippen LogP contribution in [0.4, 0.5) is 0 Å². The Morgan fingerprint density at radius 1 is 1.77 bits per heavy atom. The highest BCUT2D eigenvalue weighted by Gasteiger charge is 2.11. The summed E-state index contributed by atoms with van der Waals surface area (Å²) in [6.07, 6.45) is 7.38. The average Bonchev–Trinajstić information content (AvgIpc) is 2.41. The Bertz CT molecular complexity index is 319. The predicted molar refractivity (Wildman–Crippen MR) is 53.2 cm³/mol. The molecular weight excluding hydrogens is 162 g/mol. The molecule has 0 radical (unpaired) electrons. The average molecular weight is 177 g/mol. The molecule has 0 amide bonds. The van der Waals surface area contributed by atoms with Crippen LogP contribution in [-0.2, 0) is 7.05 Å². The maximum absolute atomic E-state index is 5.42. The molecule has 0 saturated heterocycles. The highest BCUT2D eigenvalue weighted by molar-refractivity contribution is 5.26. The number of nitrogens with one attached hydrogen (secondary N) is 1. The lowest BCUT2D eigenvalue weighted by Crippen LogP contribution is -2.19. The Balaban J connectivity index is 2.92. The smallest absolute Gasteiger partial charge is 0.0976 e. The van der Waals surface area contributed by atoms with E-state index in [0.717, 1.165) is 17.8 Å². The summed E-state index contributed by atoms with van der Waals surface area (Å²) in [6, 6.07) is -0.0151. The third-order valence-corrected chi connectivity index (χ3v) is 1.94. The summed E-state index contributed by atoms with van der Waals surface area (Å²) in [5, 5.41) is 7.46. The van der Waals surface area contributed by atoms with Gasteiger partial charge in [-0.2, -0.15) is 5.10 Å². The van der Waals surface area contributed by atoms with Crippen molar-refractivity contribution in [1.82, 2.24) is 15.1 Å². The third kappa shape index (κ3) is 2.10. The van der Waals surface area contributed by atoms with Crippen molar-refractivity contribution in [2.45, 2.75) is 19.9 Å². The van der Waals surface area contributed by atoms with Gasteiger partial charge < -0.3 is 5.32 Å². The van der Waals surface area contributed by atoms with Crippen LogP contribution in [0.3, 0.4) is 0 Å². The van der Waals surface area contributed by atoms with Crippen molar-refractivity contribution in [3.05, 3.63) is 17.5 Å². The molecule has 1 atom stereocenters. The topological polar surface area (TPSA) is 29.9 Å². The second kappa shape index (κ2) is 4.11. The van der Waals surface area contributed by atoms with Gasteiger partial charge in [0.1, 0.15) is 0 Å². The zero-order chi connectivity index (χ0) is 9.84. The summed E-state index contributed by atoms with van der Waals surface area (Å²) in [5.41, 5.74) is 2.08.